The molecular formula is C22H18Cl2F2N2O4S. The smallest absolute Gasteiger partial charge is 0.267 e. The Balaban J connectivity index is 1.88. The fraction of sp³-hybridized carbons (Fsp3) is 0.182. The molecule has 3 aromatic rings. The number of nitrogens with zero attached hydrogens (tertiary/aromatic N) is 1. The standard InChI is InChI=1S/C22H18Cl2F2N2O4S/c1-3-20(12-4-6-14(25)7-5-12)32-22-18(24)8-13(11-27-22)15-10-19(26)16(9-17(15)23)21(29)28-33(2,30)31/h4-11,20H,3H2,1-2H3,(H,28,29)/t20-/m1/s1. The van der Waals surface area contributed by atoms with Gasteiger partial charge in [-0.2, -0.15) is 0 Å². The zero-order valence-corrected chi connectivity index (χ0v) is 19.7. The first kappa shape index (κ1) is 24.9. The average Bonchev–Trinajstić information content (AvgIpc) is 2.73. The molecule has 2 aromatic carbocycles. The molecule has 0 radical (unpaired) electrons. The van der Waals surface area contributed by atoms with Gasteiger partial charge in [0.05, 0.1) is 11.8 Å². The van der Waals surface area contributed by atoms with Gasteiger partial charge in [-0.1, -0.05) is 42.3 Å². The van der Waals surface area contributed by atoms with Crippen LogP contribution in [0.5, 0.6) is 5.88 Å². The number of ether oxygens (including phenoxy) is 1. The van der Waals surface area contributed by atoms with Crippen molar-refractivity contribution in [1.29, 1.82) is 0 Å². The van der Waals surface area contributed by atoms with Gasteiger partial charge in [0.15, 0.2) is 0 Å². The molecule has 0 unspecified atom stereocenters. The molecule has 174 valence electrons. The summed E-state index contributed by atoms with van der Waals surface area (Å²) in [4.78, 5) is 16.2. The van der Waals surface area contributed by atoms with Gasteiger partial charge in [0, 0.05) is 22.3 Å². The number of halogens is 4. The summed E-state index contributed by atoms with van der Waals surface area (Å²) in [5.41, 5.74) is 0.755. The highest BCUT2D eigenvalue weighted by atomic mass is 35.5. The Kier molecular flexibility index (Phi) is 7.56. The molecule has 3 rings (SSSR count). The summed E-state index contributed by atoms with van der Waals surface area (Å²) in [5, 5.41) is 0.114. The van der Waals surface area contributed by atoms with Crippen LogP contribution >= 0.6 is 23.2 Å². The predicted molar refractivity (Wildman–Crippen MR) is 122 cm³/mol. The number of pyridine rings is 1. The van der Waals surface area contributed by atoms with Crippen molar-refractivity contribution in [3.8, 4) is 17.0 Å². The van der Waals surface area contributed by atoms with Crippen LogP contribution in [0.3, 0.4) is 0 Å². The number of carbonyl (C=O) groups is 1. The summed E-state index contributed by atoms with van der Waals surface area (Å²) in [6.07, 6.45) is 2.29. The minimum absolute atomic E-state index is 0.0145. The number of benzene rings is 2. The van der Waals surface area contributed by atoms with Gasteiger partial charge in [-0.3, -0.25) is 4.79 Å². The lowest BCUT2D eigenvalue weighted by Crippen LogP contribution is -2.30. The molecule has 1 N–H and O–H groups in total. The number of amides is 1. The molecule has 0 fully saturated rings. The number of aromatic nitrogens is 1. The van der Waals surface area contributed by atoms with E-state index in [9.17, 15) is 22.0 Å². The van der Waals surface area contributed by atoms with E-state index in [1.165, 1.54) is 24.4 Å². The van der Waals surface area contributed by atoms with Gasteiger partial charge in [-0.05, 0) is 42.3 Å². The van der Waals surface area contributed by atoms with Crippen LogP contribution in [-0.2, 0) is 10.0 Å². The number of sulfonamides is 1. The van der Waals surface area contributed by atoms with E-state index in [0.717, 1.165) is 24.0 Å². The molecule has 6 nitrogen and oxygen atoms in total. The van der Waals surface area contributed by atoms with Gasteiger partial charge in [-0.25, -0.2) is 26.9 Å². The summed E-state index contributed by atoms with van der Waals surface area (Å²) >= 11 is 12.5. The van der Waals surface area contributed by atoms with Crippen molar-refractivity contribution in [2.75, 3.05) is 6.26 Å². The summed E-state index contributed by atoms with van der Waals surface area (Å²) in [7, 11) is -3.88. The Morgan fingerprint density at radius 1 is 1.12 bits per heavy atom. The fourth-order valence-electron chi connectivity index (χ4n) is 3.02. The molecule has 0 aliphatic heterocycles. The molecule has 1 atom stereocenters. The SMILES string of the molecule is CC[C@@H](Oc1ncc(-c2cc(F)c(C(=O)NS(C)(=O)=O)cc2Cl)cc1Cl)c1ccc(F)cc1. The van der Waals surface area contributed by atoms with E-state index < -0.39 is 33.4 Å². The Bertz CT molecular complexity index is 1300. The van der Waals surface area contributed by atoms with Crippen molar-refractivity contribution in [3.05, 3.63) is 81.5 Å². The molecule has 33 heavy (non-hydrogen) atoms. The highest BCUT2D eigenvalue weighted by molar-refractivity contribution is 7.89. The van der Waals surface area contributed by atoms with E-state index in [1.54, 1.807) is 16.9 Å². The molecule has 1 heterocycles. The fourth-order valence-corrected chi connectivity index (χ4v) is 3.95. The second-order valence-corrected chi connectivity index (χ2v) is 9.66. The highest BCUT2D eigenvalue weighted by Crippen LogP contribution is 2.35. The number of hydrogen-bond donors (Lipinski definition) is 1. The number of nitrogens with one attached hydrogen (secondary N) is 1. The third-order valence-electron chi connectivity index (χ3n) is 4.56. The lowest BCUT2D eigenvalue weighted by atomic mass is 10.0. The number of hydrogen-bond acceptors (Lipinski definition) is 5. The Morgan fingerprint density at radius 3 is 2.36 bits per heavy atom. The lowest BCUT2D eigenvalue weighted by Gasteiger charge is -2.18. The second kappa shape index (κ2) is 10.0. The largest absolute Gasteiger partial charge is 0.468 e. The minimum Gasteiger partial charge on any atom is -0.468 e. The average molecular weight is 515 g/mol. The summed E-state index contributed by atoms with van der Waals surface area (Å²) in [5.74, 6) is -2.36. The zero-order valence-electron chi connectivity index (χ0n) is 17.4. The normalized spacial score (nSPS) is 12.3. The van der Waals surface area contributed by atoms with E-state index in [-0.39, 0.29) is 27.3 Å². The first-order chi connectivity index (χ1) is 15.5. The van der Waals surface area contributed by atoms with Crippen molar-refractivity contribution in [2.24, 2.45) is 0 Å². The number of carbonyl (C=O) groups excluding carboxylic acids is 1. The predicted octanol–water partition coefficient (Wildman–Crippen LogP) is 5.55. The van der Waals surface area contributed by atoms with Crippen LogP contribution in [-0.4, -0.2) is 25.6 Å². The van der Waals surface area contributed by atoms with Crippen LogP contribution < -0.4 is 9.46 Å². The van der Waals surface area contributed by atoms with Crippen LogP contribution in [0.2, 0.25) is 10.0 Å². The van der Waals surface area contributed by atoms with Crippen LogP contribution in [0.15, 0.2) is 48.7 Å². The van der Waals surface area contributed by atoms with Crippen LogP contribution in [0.4, 0.5) is 8.78 Å². The van der Waals surface area contributed by atoms with Crippen molar-refractivity contribution >= 4 is 39.1 Å². The molecule has 0 spiro atoms. The van der Waals surface area contributed by atoms with Crippen molar-refractivity contribution in [1.82, 2.24) is 9.71 Å². The third kappa shape index (κ3) is 6.19. The maximum Gasteiger partial charge on any atom is 0.267 e. The first-order valence-electron chi connectivity index (χ1n) is 9.57. The van der Waals surface area contributed by atoms with Crippen LogP contribution in [0.1, 0.15) is 35.4 Å². The maximum atomic E-state index is 14.5. The lowest BCUT2D eigenvalue weighted by molar-refractivity contribution is 0.0978. The highest BCUT2D eigenvalue weighted by Gasteiger charge is 2.20. The van der Waals surface area contributed by atoms with Gasteiger partial charge in [0.25, 0.3) is 5.91 Å². The van der Waals surface area contributed by atoms with Crippen molar-refractivity contribution in [3.63, 3.8) is 0 Å². The Labute approximate surface area is 199 Å². The van der Waals surface area contributed by atoms with Gasteiger partial charge in [0.2, 0.25) is 15.9 Å². The summed E-state index contributed by atoms with van der Waals surface area (Å²) in [6.45, 7) is 1.89. The van der Waals surface area contributed by atoms with Crippen molar-refractivity contribution < 1.29 is 26.7 Å². The molecule has 0 saturated heterocycles. The minimum atomic E-state index is -3.88. The van der Waals surface area contributed by atoms with E-state index in [2.05, 4.69) is 4.98 Å². The molecule has 0 saturated carbocycles. The van der Waals surface area contributed by atoms with E-state index >= 15 is 0 Å². The van der Waals surface area contributed by atoms with Gasteiger partial charge in [0.1, 0.15) is 22.8 Å². The third-order valence-corrected chi connectivity index (χ3v) is 5.70. The molecular weight excluding hydrogens is 497 g/mol. The maximum absolute atomic E-state index is 14.5. The molecule has 1 amide bonds. The van der Waals surface area contributed by atoms with E-state index in [0.29, 0.717) is 12.0 Å². The molecule has 0 aliphatic rings. The van der Waals surface area contributed by atoms with E-state index in [4.69, 9.17) is 27.9 Å². The summed E-state index contributed by atoms with van der Waals surface area (Å²) < 4.78 is 57.8. The zero-order chi connectivity index (χ0) is 24.3. The topological polar surface area (TPSA) is 85.4 Å². The second-order valence-electron chi connectivity index (χ2n) is 7.09. The van der Waals surface area contributed by atoms with Crippen LogP contribution in [0, 0.1) is 11.6 Å². The van der Waals surface area contributed by atoms with E-state index in [1.807, 2.05) is 6.92 Å². The quantitative estimate of drug-likeness (QED) is 0.446. The van der Waals surface area contributed by atoms with Crippen molar-refractivity contribution in [2.45, 2.75) is 19.4 Å². The monoisotopic (exact) mass is 514 g/mol. The first-order valence-corrected chi connectivity index (χ1v) is 12.2. The van der Waals surface area contributed by atoms with Gasteiger partial charge in [-0.15, -0.1) is 0 Å². The molecule has 0 bridgehead atoms. The molecule has 0 aliphatic carbocycles. The molecule has 11 heteroatoms. The van der Waals surface area contributed by atoms with Gasteiger partial charge < -0.3 is 4.74 Å². The molecule has 1 aromatic heterocycles. The summed E-state index contributed by atoms with van der Waals surface area (Å²) in [6, 6.07) is 9.35. The number of rotatable bonds is 7. The van der Waals surface area contributed by atoms with Crippen LogP contribution in [0.25, 0.3) is 11.1 Å². The van der Waals surface area contributed by atoms with Gasteiger partial charge >= 0.3 is 0 Å². The Hall–Kier alpha value is -2.75. The Morgan fingerprint density at radius 2 is 1.79 bits per heavy atom.